The van der Waals surface area contributed by atoms with E-state index in [0.29, 0.717) is 5.92 Å². The van der Waals surface area contributed by atoms with E-state index in [1.165, 1.54) is 11.1 Å². The Hall–Kier alpha value is -1.56. The summed E-state index contributed by atoms with van der Waals surface area (Å²) < 4.78 is 0. The topological polar surface area (TPSA) is 0 Å². The number of rotatable bonds is 2. The van der Waals surface area contributed by atoms with Gasteiger partial charge in [0.15, 0.2) is 0 Å². The molecule has 0 spiro atoms. The maximum absolute atomic E-state index is 3.25. The van der Waals surface area contributed by atoms with Crippen molar-refractivity contribution in [1.82, 2.24) is 0 Å². The molecule has 0 aliphatic rings. The molecule has 0 aliphatic heterocycles. The van der Waals surface area contributed by atoms with Gasteiger partial charge in [0.25, 0.3) is 0 Å². The van der Waals surface area contributed by atoms with Gasteiger partial charge in [0.05, 0.1) is 0 Å². The third kappa shape index (κ3) is 1.85. The third-order valence-electron chi connectivity index (χ3n) is 2.40. The van der Waals surface area contributed by atoms with E-state index in [0.717, 1.165) is 0 Å². The lowest BCUT2D eigenvalue weighted by molar-refractivity contribution is 0.918. The first kappa shape index (κ1) is 9.01. The molecule has 0 amide bonds. The second-order valence-corrected chi connectivity index (χ2v) is 3.36. The quantitative estimate of drug-likeness (QED) is 0.664. The third-order valence-corrected chi connectivity index (χ3v) is 2.40. The zero-order chi connectivity index (χ0) is 9.80. The molecule has 0 heteroatoms. The fraction of sp³-hybridized carbons (Fsp3) is 0.143. The lowest BCUT2D eigenvalue weighted by atomic mass is 9.93. The molecule has 0 bridgehead atoms. The molecule has 0 N–H and O–H groups in total. The molecule has 0 unspecified atom stereocenters. The average molecular weight is 180 g/mol. The Balaban J connectivity index is 2.30. The maximum atomic E-state index is 3.25. The maximum Gasteiger partial charge on any atom is 0.00733 e. The fourth-order valence-electron chi connectivity index (χ4n) is 1.52. The van der Waals surface area contributed by atoms with E-state index in [-0.39, 0.29) is 0 Å². The molecule has 14 heavy (non-hydrogen) atoms. The van der Waals surface area contributed by atoms with Gasteiger partial charge in [-0.05, 0) is 23.3 Å². The van der Waals surface area contributed by atoms with Crippen molar-refractivity contribution < 1.29 is 0 Å². The van der Waals surface area contributed by atoms with Crippen LogP contribution in [0.2, 0.25) is 0 Å². The highest BCUT2D eigenvalue weighted by Gasteiger charge is 2.06. The molecular weight excluding hydrogens is 168 g/mol. The molecule has 0 nitrogen and oxygen atoms in total. The van der Waals surface area contributed by atoms with Crippen LogP contribution in [0.3, 0.4) is 0 Å². The van der Waals surface area contributed by atoms with Gasteiger partial charge in [-0.25, -0.2) is 0 Å². The van der Waals surface area contributed by atoms with Crippen molar-refractivity contribution in [1.29, 1.82) is 0 Å². The van der Waals surface area contributed by atoms with Crippen LogP contribution < -0.4 is 0 Å². The van der Waals surface area contributed by atoms with E-state index < -0.39 is 0 Å². The summed E-state index contributed by atoms with van der Waals surface area (Å²) in [5.74, 6) is 0.373. The average Bonchev–Trinajstić information content (AvgIpc) is 2.30. The minimum atomic E-state index is 0.373. The van der Waals surface area contributed by atoms with Crippen LogP contribution in [0.15, 0.2) is 48.5 Å². The molecule has 0 atom stereocenters. The number of hydrogen-bond donors (Lipinski definition) is 0. The summed E-state index contributed by atoms with van der Waals surface area (Å²) in [6.07, 6.45) is 0. The van der Waals surface area contributed by atoms with Gasteiger partial charge in [-0.1, -0.05) is 55.5 Å². The molecule has 2 radical (unpaired) electrons. The first-order chi connectivity index (χ1) is 6.88. The highest BCUT2D eigenvalue weighted by molar-refractivity contribution is 5.29. The van der Waals surface area contributed by atoms with Crippen LogP contribution in [0.1, 0.15) is 24.0 Å². The largest absolute Gasteiger partial charge is 0.0619 e. The molecule has 0 aliphatic carbocycles. The van der Waals surface area contributed by atoms with Crippen molar-refractivity contribution in [3.05, 3.63) is 71.8 Å². The second kappa shape index (κ2) is 4.10. The van der Waals surface area contributed by atoms with Gasteiger partial charge in [0.1, 0.15) is 0 Å². The van der Waals surface area contributed by atoms with Gasteiger partial charge in [-0.3, -0.25) is 0 Å². The van der Waals surface area contributed by atoms with Gasteiger partial charge in [0.2, 0.25) is 0 Å². The monoisotopic (exact) mass is 180 g/mol. The summed E-state index contributed by atoms with van der Waals surface area (Å²) >= 11 is 0. The minimum absolute atomic E-state index is 0.373. The zero-order valence-corrected chi connectivity index (χ0v) is 8.20. The summed E-state index contributed by atoms with van der Waals surface area (Å²) in [6, 6.07) is 22.7. The van der Waals surface area contributed by atoms with Crippen LogP contribution >= 0.6 is 0 Å². The molecule has 2 aromatic carbocycles. The lowest BCUT2D eigenvalue weighted by Crippen LogP contribution is -1.95. The van der Waals surface area contributed by atoms with Gasteiger partial charge in [0, 0.05) is 5.92 Å². The second-order valence-electron chi connectivity index (χ2n) is 3.36. The van der Waals surface area contributed by atoms with Crippen LogP contribution in [-0.4, -0.2) is 0 Å². The SMILES string of the molecule is CC(c1[c]cccc1)c1[c]cccc1. The van der Waals surface area contributed by atoms with Crippen LogP contribution in [0.5, 0.6) is 0 Å². The standard InChI is InChI=1S/C14H12/c1-12(13-8-4-2-5-9-13)14-10-6-3-7-11-14/h2-8,10,12H,1H3. The predicted molar refractivity (Wildman–Crippen MR) is 58.1 cm³/mol. The fourth-order valence-corrected chi connectivity index (χ4v) is 1.52. The van der Waals surface area contributed by atoms with Crippen LogP contribution in [0.25, 0.3) is 0 Å². The van der Waals surface area contributed by atoms with Crippen molar-refractivity contribution in [3.63, 3.8) is 0 Å². The molecule has 0 saturated heterocycles. The molecule has 0 fully saturated rings. The Kier molecular flexibility index (Phi) is 2.64. The minimum Gasteiger partial charge on any atom is -0.0619 e. The van der Waals surface area contributed by atoms with E-state index in [9.17, 15) is 0 Å². The first-order valence-electron chi connectivity index (χ1n) is 4.81. The normalized spacial score (nSPS) is 10.4. The summed E-state index contributed by atoms with van der Waals surface area (Å²) in [6.45, 7) is 2.18. The Morgan fingerprint density at radius 3 is 1.71 bits per heavy atom. The highest BCUT2D eigenvalue weighted by atomic mass is 14.1. The van der Waals surface area contributed by atoms with Crippen molar-refractivity contribution >= 4 is 0 Å². The molecule has 0 heterocycles. The van der Waals surface area contributed by atoms with Crippen molar-refractivity contribution in [2.75, 3.05) is 0 Å². The molecule has 0 aromatic heterocycles. The van der Waals surface area contributed by atoms with Crippen LogP contribution in [-0.2, 0) is 0 Å². The van der Waals surface area contributed by atoms with Gasteiger partial charge in [-0.2, -0.15) is 0 Å². The summed E-state index contributed by atoms with van der Waals surface area (Å²) in [5, 5.41) is 0. The highest BCUT2D eigenvalue weighted by Crippen LogP contribution is 2.22. The van der Waals surface area contributed by atoms with Gasteiger partial charge in [-0.15, -0.1) is 0 Å². The summed E-state index contributed by atoms with van der Waals surface area (Å²) in [4.78, 5) is 0. The Morgan fingerprint density at radius 2 is 1.36 bits per heavy atom. The van der Waals surface area contributed by atoms with Crippen molar-refractivity contribution in [3.8, 4) is 0 Å². The van der Waals surface area contributed by atoms with Crippen molar-refractivity contribution in [2.45, 2.75) is 12.8 Å². The van der Waals surface area contributed by atoms with E-state index in [1.807, 2.05) is 36.4 Å². The van der Waals surface area contributed by atoms with Crippen LogP contribution in [0, 0.1) is 12.1 Å². The predicted octanol–water partition coefficient (Wildman–Crippen LogP) is 3.44. The molecule has 2 aromatic rings. The smallest absolute Gasteiger partial charge is 0.00733 e. The Labute approximate surface area is 85.2 Å². The molecule has 0 saturated carbocycles. The zero-order valence-electron chi connectivity index (χ0n) is 8.20. The molecular formula is C14H12. The first-order valence-corrected chi connectivity index (χ1v) is 4.81. The molecule has 68 valence electrons. The van der Waals surface area contributed by atoms with Crippen molar-refractivity contribution in [2.24, 2.45) is 0 Å². The number of hydrogen-bond acceptors (Lipinski definition) is 0. The van der Waals surface area contributed by atoms with Crippen LogP contribution in [0.4, 0.5) is 0 Å². The lowest BCUT2D eigenvalue weighted by Gasteiger charge is -2.10. The van der Waals surface area contributed by atoms with E-state index >= 15 is 0 Å². The van der Waals surface area contributed by atoms with E-state index in [4.69, 9.17) is 0 Å². The number of benzene rings is 2. The van der Waals surface area contributed by atoms with E-state index in [1.54, 1.807) is 0 Å². The summed E-state index contributed by atoms with van der Waals surface area (Å²) in [5.41, 5.74) is 2.44. The Morgan fingerprint density at radius 1 is 0.857 bits per heavy atom. The molecule has 2 rings (SSSR count). The van der Waals surface area contributed by atoms with E-state index in [2.05, 4.69) is 31.2 Å². The Bertz CT molecular complexity index is 336. The van der Waals surface area contributed by atoms with Gasteiger partial charge < -0.3 is 0 Å². The van der Waals surface area contributed by atoms with Gasteiger partial charge >= 0.3 is 0 Å². The summed E-state index contributed by atoms with van der Waals surface area (Å²) in [7, 11) is 0.